The second-order valence-electron chi connectivity index (χ2n) is 6.85. The third kappa shape index (κ3) is 2.75. The topological polar surface area (TPSA) is 84.7 Å². The number of non-ortho nitro benzene ring substituents is 1. The minimum absolute atomic E-state index is 0.00305. The van der Waals surface area contributed by atoms with Crippen LogP contribution in [0.15, 0.2) is 48.5 Å². The molecule has 134 valence electrons. The van der Waals surface area contributed by atoms with E-state index in [-0.39, 0.29) is 17.8 Å². The Labute approximate surface area is 150 Å². The van der Waals surface area contributed by atoms with Crippen molar-refractivity contribution in [3.8, 4) is 5.75 Å². The SMILES string of the molecule is CC12CC(NC(=O)N1CCc1ccccc1)c1cc([N+](=O)[O-])ccc1O2. The Morgan fingerprint density at radius 3 is 2.81 bits per heavy atom. The number of ether oxygens (including phenoxy) is 1. The average Bonchev–Trinajstić information content (AvgIpc) is 2.61. The van der Waals surface area contributed by atoms with Gasteiger partial charge in [-0.05, 0) is 25.0 Å². The largest absolute Gasteiger partial charge is 0.468 e. The highest BCUT2D eigenvalue weighted by Gasteiger charge is 2.49. The van der Waals surface area contributed by atoms with Crippen molar-refractivity contribution in [3.63, 3.8) is 0 Å². The summed E-state index contributed by atoms with van der Waals surface area (Å²) in [7, 11) is 0. The fourth-order valence-corrected chi connectivity index (χ4v) is 3.74. The van der Waals surface area contributed by atoms with Gasteiger partial charge in [-0.25, -0.2) is 4.79 Å². The van der Waals surface area contributed by atoms with Gasteiger partial charge in [0.05, 0.1) is 11.0 Å². The molecule has 2 bridgehead atoms. The molecule has 7 heteroatoms. The van der Waals surface area contributed by atoms with Crippen molar-refractivity contribution < 1.29 is 14.5 Å². The number of carbonyl (C=O) groups is 1. The number of carbonyl (C=O) groups excluding carboxylic acids is 1. The first-order chi connectivity index (χ1) is 12.5. The number of hydrogen-bond donors (Lipinski definition) is 1. The van der Waals surface area contributed by atoms with Crippen LogP contribution < -0.4 is 10.1 Å². The third-order valence-corrected chi connectivity index (χ3v) is 5.07. The first-order valence-corrected chi connectivity index (χ1v) is 8.56. The summed E-state index contributed by atoms with van der Waals surface area (Å²) in [6, 6.07) is 14.0. The summed E-state index contributed by atoms with van der Waals surface area (Å²) in [6.07, 6.45) is 1.27. The Kier molecular flexibility index (Phi) is 3.79. The maximum atomic E-state index is 12.7. The molecular weight excluding hydrogens is 334 g/mol. The maximum absolute atomic E-state index is 12.7. The molecule has 2 aromatic rings. The summed E-state index contributed by atoms with van der Waals surface area (Å²) in [5.74, 6) is 0.582. The molecule has 2 aliphatic heterocycles. The van der Waals surface area contributed by atoms with E-state index in [1.54, 1.807) is 11.0 Å². The van der Waals surface area contributed by atoms with E-state index in [9.17, 15) is 14.9 Å². The van der Waals surface area contributed by atoms with E-state index in [1.165, 1.54) is 12.1 Å². The summed E-state index contributed by atoms with van der Waals surface area (Å²) in [4.78, 5) is 25.0. The zero-order valence-corrected chi connectivity index (χ0v) is 14.3. The highest BCUT2D eigenvalue weighted by atomic mass is 16.6. The van der Waals surface area contributed by atoms with Crippen molar-refractivity contribution in [1.29, 1.82) is 0 Å². The summed E-state index contributed by atoms with van der Waals surface area (Å²) in [6.45, 7) is 2.43. The van der Waals surface area contributed by atoms with Gasteiger partial charge >= 0.3 is 6.03 Å². The number of rotatable bonds is 4. The molecule has 0 spiro atoms. The molecule has 2 unspecified atom stereocenters. The van der Waals surface area contributed by atoms with Gasteiger partial charge in [0.15, 0.2) is 5.72 Å². The third-order valence-electron chi connectivity index (χ3n) is 5.07. The lowest BCUT2D eigenvalue weighted by atomic mass is 9.90. The van der Waals surface area contributed by atoms with Gasteiger partial charge < -0.3 is 10.1 Å². The minimum atomic E-state index is -0.773. The number of hydrogen-bond acceptors (Lipinski definition) is 4. The zero-order chi connectivity index (χ0) is 18.3. The second-order valence-corrected chi connectivity index (χ2v) is 6.85. The monoisotopic (exact) mass is 353 g/mol. The van der Waals surface area contributed by atoms with Gasteiger partial charge in [0.2, 0.25) is 0 Å². The normalized spacial score (nSPS) is 23.7. The number of benzene rings is 2. The zero-order valence-electron chi connectivity index (χ0n) is 14.3. The predicted molar refractivity (Wildman–Crippen MR) is 94.9 cm³/mol. The van der Waals surface area contributed by atoms with Crippen LogP contribution in [0.1, 0.15) is 30.5 Å². The van der Waals surface area contributed by atoms with E-state index in [4.69, 9.17) is 4.74 Å². The number of urea groups is 1. The number of amides is 2. The van der Waals surface area contributed by atoms with E-state index in [0.29, 0.717) is 24.3 Å². The highest BCUT2D eigenvalue weighted by molar-refractivity contribution is 5.77. The minimum Gasteiger partial charge on any atom is -0.468 e. The number of nitrogens with one attached hydrogen (secondary N) is 1. The molecule has 0 radical (unpaired) electrons. The lowest BCUT2D eigenvalue weighted by Crippen LogP contribution is -2.65. The van der Waals surface area contributed by atoms with E-state index in [0.717, 1.165) is 12.0 Å². The fraction of sp³-hybridized carbons (Fsp3) is 0.316. The Hall–Kier alpha value is -3.09. The molecule has 2 aromatic carbocycles. The van der Waals surface area contributed by atoms with Crippen LogP contribution in [-0.2, 0) is 6.42 Å². The van der Waals surface area contributed by atoms with E-state index < -0.39 is 10.6 Å². The smallest absolute Gasteiger partial charge is 0.320 e. The van der Waals surface area contributed by atoms with Crippen molar-refractivity contribution in [1.82, 2.24) is 10.2 Å². The molecule has 1 fully saturated rings. The Morgan fingerprint density at radius 2 is 2.08 bits per heavy atom. The molecule has 2 atom stereocenters. The van der Waals surface area contributed by atoms with Crippen LogP contribution >= 0.6 is 0 Å². The van der Waals surface area contributed by atoms with Crippen LogP contribution in [0.25, 0.3) is 0 Å². The van der Waals surface area contributed by atoms with Crippen LogP contribution in [0.5, 0.6) is 5.75 Å². The van der Waals surface area contributed by atoms with Crippen LogP contribution in [0, 0.1) is 10.1 Å². The number of nitro groups is 1. The second kappa shape index (κ2) is 6.01. The van der Waals surface area contributed by atoms with Crippen molar-refractivity contribution in [2.45, 2.75) is 31.5 Å². The van der Waals surface area contributed by atoms with Crippen molar-refractivity contribution >= 4 is 11.7 Å². The van der Waals surface area contributed by atoms with Crippen LogP contribution in [0.3, 0.4) is 0 Å². The average molecular weight is 353 g/mol. The molecule has 0 aromatic heterocycles. The molecule has 4 rings (SSSR count). The lowest BCUT2D eigenvalue weighted by Gasteiger charge is -2.50. The molecule has 1 saturated heterocycles. The van der Waals surface area contributed by atoms with Crippen LogP contribution in [-0.4, -0.2) is 28.1 Å². The van der Waals surface area contributed by atoms with Crippen LogP contribution in [0.4, 0.5) is 10.5 Å². The molecular formula is C19H19N3O4. The molecule has 26 heavy (non-hydrogen) atoms. The van der Waals surface area contributed by atoms with Gasteiger partial charge in [-0.2, -0.15) is 0 Å². The summed E-state index contributed by atoms with van der Waals surface area (Å²) in [5, 5.41) is 14.0. The van der Waals surface area contributed by atoms with Crippen molar-refractivity contribution in [2.75, 3.05) is 6.54 Å². The van der Waals surface area contributed by atoms with Gasteiger partial charge in [-0.1, -0.05) is 30.3 Å². The van der Waals surface area contributed by atoms with Gasteiger partial charge in [-0.3, -0.25) is 15.0 Å². The first kappa shape index (κ1) is 16.4. The molecule has 0 aliphatic carbocycles. The Morgan fingerprint density at radius 1 is 1.31 bits per heavy atom. The Balaban J connectivity index is 1.60. The van der Waals surface area contributed by atoms with E-state index >= 15 is 0 Å². The molecule has 2 heterocycles. The first-order valence-electron chi connectivity index (χ1n) is 8.56. The maximum Gasteiger partial charge on any atom is 0.320 e. The summed E-state index contributed by atoms with van der Waals surface area (Å²) in [5.41, 5.74) is 1.03. The summed E-state index contributed by atoms with van der Waals surface area (Å²) < 4.78 is 6.14. The number of fused-ring (bicyclic) bond motifs is 4. The molecule has 7 nitrogen and oxygen atoms in total. The van der Waals surface area contributed by atoms with Gasteiger partial charge in [0.25, 0.3) is 5.69 Å². The van der Waals surface area contributed by atoms with Gasteiger partial charge in [0, 0.05) is 30.7 Å². The standard InChI is InChI=1S/C19H19N3O4/c1-19-12-16(15-11-14(22(24)25)7-8-17(15)26-19)20-18(23)21(19)10-9-13-5-3-2-4-6-13/h2-8,11,16H,9-10,12H2,1H3,(H,20,23). The predicted octanol–water partition coefficient (Wildman–Crippen LogP) is 3.40. The van der Waals surface area contributed by atoms with Crippen molar-refractivity contribution in [2.24, 2.45) is 0 Å². The van der Waals surface area contributed by atoms with Gasteiger partial charge in [0.1, 0.15) is 5.75 Å². The highest BCUT2D eigenvalue weighted by Crippen LogP contribution is 2.45. The molecule has 1 N–H and O–H groups in total. The quantitative estimate of drug-likeness (QED) is 0.674. The summed E-state index contributed by atoms with van der Waals surface area (Å²) >= 11 is 0. The fourth-order valence-electron chi connectivity index (χ4n) is 3.74. The number of nitrogens with zero attached hydrogens (tertiary/aromatic N) is 2. The molecule has 2 aliphatic rings. The number of nitro benzene ring substituents is 1. The van der Waals surface area contributed by atoms with E-state index in [1.807, 2.05) is 37.3 Å². The van der Waals surface area contributed by atoms with E-state index in [2.05, 4.69) is 5.32 Å². The molecule has 0 saturated carbocycles. The Bertz CT molecular complexity index is 870. The molecule has 2 amide bonds. The van der Waals surface area contributed by atoms with Crippen LogP contribution in [0.2, 0.25) is 0 Å². The van der Waals surface area contributed by atoms with Gasteiger partial charge in [-0.15, -0.1) is 0 Å². The lowest BCUT2D eigenvalue weighted by molar-refractivity contribution is -0.385. The van der Waals surface area contributed by atoms with Crippen molar-refractivity contribution in [3.05, 3.63) is 69.8 Å².